The topological polar surface area (TPSA) is 51.0 Å². The van der Waals surface area contributed by atoms with Crippen molar-refractivity contribution in [2.24, 2.45) is 7.05 Å². The average molecular weight is 370 g/mol. The Morgan fingerprint density at radius 2 is 1.96 bits per heavy atom. The van der Waals surface area contributed by atoms with Gasteiger partial charge < -0.3 is 9.47 Å². The van der Waals surface area contributed by atoms with Crippen LogP contribution in [0, 0.1) is 11.6 Å². The second kappa shape index (κ2) is 7.65. The van der Waals surface area contributed by atoms with E-state index < -0.39 is 11.6 Å². The highest BCUT2D eigenvalue weighted by Gasteiger charge is 2.21. The normalized spacial score (nSPS) is 11.0. The summed E-state index contributed by atoms with van der Waals surface area (Å²) in [6.07, 6.45) is 4.80. The van der Waals surface area contributed by atoms with E-state index in [-0.39, 0.29) is 17.5 Å². The van der Waals surface area contributed by atoms with Crippen LogP contribution >= 0.6 is 0 Å². The molecule has 3 rings (SSSR count). The van der Waals surface area contributed by atoms with E-state index in [4.69, 9.17) is 0 Å². The maximum Gasteiger partial charge on any atom is 0.274 e. The lowest BCUT2D eigenvalue weighted by Crippen LogP contribution is -2.36. The number of hydrogen-bond acceptors (Lipinski definition) is 3. The van der Waals surface area contributed by atoms with Crippen LogP contribution in [0.1, 0.15) is 29.9 Å². The van der Waals surface area contributed by atoms with Crippen LogP contribution in [0.4, 0.5) is 8.78 Å². The summed E-state index contributed by atoms with van der Waals surface area (Å²) in [5.41, 5.74) is 1.76. The van der Waals surface area contributed by atoms with Crippen molar-refractivity contribution in [3.63, 3.8) is 0 Å². The van der Waals surface area contributed by atoms with E-state index >= 15 is 0 Å². The minimum absolute atomic E-state index is 0.0568. The summed E-state index contributed by atoms with van der Waals surface area (Å²) in [4.78, 5) is 22.8. The Kier molecular flexibility index (Phi) is 5.30. The summed E-state index contributed by atoms with van der Waals surface area (Å²) in [7, 11) is 1.80. The summed E-state index contributed by atoms with van der Waals surface area (Å²) in [6.45, 7) is 4.16. The molecule has 3 aromatic rings. The number of hydrogen-bond donors (Lipinski definition) is 0. The lowest BCUT2D eigenvalue weighted by molar-refractivity contribution is 0.0684. The molecular weight excluding hydrogens is 350 g/mol. The first-order chi connectivity index (χ1) is 12.8. The Morgan fingerprint density at radius 1 is 1.19 bits per heavy atom. The van der Waals surface area contributed by atoms with Gasteiger partial charge in [0.1, 0.15) is 17.3 Å². The van der Waals surface area contributed by atoms with Gasteiger partial charge in [-0.15, -0.1) is 0 Å². The number of amides is 1. The van der Waals surface area contributed by atoms with Crippen LogP contribution in [-0.2, 0) is 13.6 Å². The molecule has 0 saturated heterocycles. The van der Waals surface area contributed by atoms with E-state index in [0.717, 1.165) is 11.6 Å². The van der Waals surface area contributed by atoms with E-state index in [1.165, 1.54) is 12.1 Å². The van der Waals surface area contributed by atoms with E-state index in [1.54, 1.807) is 47.4 Å². The van der Waals surface area contributed by atoms with Crippen molar-refractivity contribution < 1.29 is 13.6 Å². The molecule has 27 heavy (non-hydrogen) atoms. The summed E-state index contributed by atoms with van der Waals surface area (Å²) in [5, 5.41) is 0. The molecule has 0 atom stereocenters. The fourth-order valence-electron chi connectivity index (χ4n) is 2.77. The molecule has 0 spiro atoms. The monoisotopic (exact) mass is 370 g/mol. The Bertz CT molecular complexity index is 968. The Balaban J connectivity index is 1.88. The minimum Gasteiger partial charge on any atom is -0.340 e. The van der Waals surface area contributed by atoms with Crippen molar-refractivity contribution in [3.05, 3.63) is 71.9 Å². The summed E-state index contributed by atoms with van der Waals surface area (Å²) >= 11 is 0. The third-order valence-corrected chi connectivity index (χ3v) is 4.19. The van der Waals surface area contributed by atoms with Crippen LogP contribution in [-0.4, -0.2) is 31.4 Å². The smallest absolute Gasteiger partial charge is 0.274 e. The molecular formula is C20H20F2N4O. The maximum atomic E-state index is 14.1. The molecule has 0 aliphatic rings. The Hall–Kier alpha value is -3.09. The molecule has 2 heterocycles. The average Bonchev–Trinajstić information content (AvgIpc) is 3.05. The molecule has 0 aliphatic heterocycles. The van der Waals surface area contributed by atoms with Crippen molar-refractivity contribution >= 4 is 5.91 Å². The van der Waals surface area contributed by atoms with Gasteiger partial charge in [0.25, 0.3) is 5.91 Å². The Labute approximate surface area is 156 Å². The van der Waals surface area contributed by atoms with Crippen LogP contribution in [0.2, 0.25) is 0 Å². The third-order valence-electron chi connectivity index (χ3n) is 4.19. The zero-order valence-corrected chi connectivity index (χ0v) is 15.4. The highest BCUT2D eigenvalue weighted by atomic mass is 19.1. The highest BCUT2D eigenvalue weighted by molar-refractivity contribution is 5.92. The van der Waals surface area contributed by atoms with Crippen molar-refractivity contribution in [3.8, 4) is 11.3 Å². The van der Waals surface area contributed by atoms with Crippen molar-refractivity contribution in [1.82, 2.24) is 19.4 Å². The largest absolute Gasteiger partial charge is 0.340 e. The molecule has 0 bridgehead atoms. The summed E-state index contributed by atoms with van der Waals surface area (Å²) in [6, 6.07) is 6.80. The lowest BCUT2D eigenvalue weighted by Gasteiger charge is -2.26. The number of carbonyl (C=O) groups excluding carboxylic acids is 1. The number of benzene rings is 1. The molecule has 0 N–H and O–H groups in total. The van der Waals surface area contributed by atoms with Gasteiger partial charge in [-0.05, 0) is 43.7 Å². The second-order valence-electron chi connectivity index (χ2n) is 6.62. The molecule has 1 aromatic carbocycles. The number of imidazole rings is 1. The van der Waals surface area contributed by atoms with Gasteiger partial charge >= 0.3 is 0 Å². The molecule has 0 radical (unpaired) electrons. The fraction of sp³-hybridized carbons (Fsp3) is 0.250. The SMILES string of the molecule is CC(C)N(Cc1ccnc(-c2ccc(F)cc2F)c1)C(=O)c1cn(C)cn1. The van der Waals surface area contributed by atoms with Crippen molar-refractivity contribution in [2.45, 2.75) is 26.4 Å². The van der Waals surface area contributed by atoms with Gasteiger partial charge in [-0.2, -0.15) is 0 Å². The van der Waals surface area contributed by atoms with Gasteiger partial charge in [-0.3, -0.25) is 9.78 Å². The van der Waals surface area contributed by atoms with Gasteiger partial charge in [0.2, 0.25) is 0 Å². The Morgan fingerprint density at radius 3 is 2.59 bits per heavy atom. The molecule has 140 valence electrons. The number of rotatable bonds is 5. The standard InChI is InChI=1S/C20H20F2N4O/c1-13(2)26(20(27)19-11-25(3)12-24-19)10-14-6-7-23-18(8-14)16-5-4-15(21)9-17(16)22/h4-9,11-13H,10H2,1-3H3. The van der Waals surface area contributed by atoms with Gasteiger partial charge in [0.15, 0.2) is 0 Å². The maximum absolute atomic E-state index is 14.1. The quantitative estimate of drug-likeness (QED) is 0.686. The predicted molar refractivity (Wildman–Crippen MR) is 97.8 cm³/mol. The van der Waals surface area contributed by atoms with Gasteiger partial charge in [0.05, 0.1) is 12.0 Å². The highest BCUT2D eigenvalue weighted by Crippen LogP contribution is 2.23. The van der Waals surface area contributed by atoms with Crippen LogP contribution in [0.3, 0.4) is 0 Å². The van der Waals surface area contributed by atoms with Gasteiger partial charge in [0, 0.05) is 43.7 Å². The molecule has 0 unspecified atom stereocenters. The predicted octanol–water partition coefficient (Wildman–Crippen LogP) is 3.81. The molecule has 1 amide bonds. The number of carbonyl (C=O) groups is 1. The van der Waals surface area contributed by atoms with Crippen LogP contribution in [0.5, 0.6) is 0 Å². The van der Waals surface area contributed by atoms with Crippen LogP contribution in [0.25, 0.3) is 11.3 Å². The zero-order valence-electron chi connectivity index (χ0n) is 15.4. The van der Waals surface area contributed by atoms with E-state index in [0.29, 0.717) is 17.9 Å². The van der Waals surface area contributed by atoms with Crippen molar-refractivity contribution in [2.75, 3.05) is 0 Å². The third kappa shape index (κ3) is 4.19. The van der Waals surface area contributed by atoms with Gasteiger partial charge in [-0.1, -0.05) is 0 Å². The minimum atomic E-state index is -0.676. The first-order valence-electron chi connectivity index (χ1n) is 8.54. The lowest BCUT2D eigenvalue weighted by atomic mass is 10.1. The van der Waals surface area contributed by atoms with Crippen LogP contribution < -0.4 is 0 Å². The summed E-state index contributed by atoms with van der Waals surface area (Å²) in [5.74, 6) is -1.50. The first-order valence-corrected chi connectivity index (χ1v) is 8.54. The zero-order chi connectivity index (χ0) is 19.6. The molecule has 7 heteroatoms. The van der Waals surface area contributed by atoms with Crippen molar-refractivity contribution in [1.29, 1.82) is 0 Å². The number of aryl methyl sites for hydroxylation is 1. The molecule has 0 saturated carbocycles. The van der Waals surface area contributed by atoms with Gasteiger partial charge in [-0.25, -0.2) is 13.8 Å². The first kappa shape index (κ1) is 18.7. The second-order valence-corrected chi connectivity index (χ2v) is 6.62. The number of aromatic nitrogens is 3. The molecule has 0 aliphatic carbocycles. The molecule has 0 fully saturated rings. The summed E-state index contributed by atoms with van der Waals surface area (Å²) < 4.78 is 28.9. The van der Waals surface area contributed by atoms with Crippen LogP contribution in [0.15, 0.2) is 49.1 Å². The van der Waals surface area contributed by atoms with E-state index in [2.05, 4.69) is 9.97 Å². The number of pyridine rings is 1. The number of halogens is 2. The fourth-order valence-corrected chi connectivity index (χ4v) is 2.77. The van der Waals surface area contributed by atoms with E-state index in [1.807, 2.05) is 13.8 Å². The van der Waals surface area contributed by atoms with E-state index in [9.17, 15) is 13.6 Å². The molecule has 5 nitrogen and oxygen atoms in total. The molecule has 2 aromatic heterocycles. The number of nitrogens with zero attached hydrogens (tertiary/aromatic N) is 4.